The minimum Gasteiger partial charge on any atom is -0.435 e. The van der Waals surface area contributed by atoms with Gasteiger partial charge in [0, 0.05) is 6.20 Å². The average Bonchev–Trinajstić information content (AvgIpc) is 2.26. The minimum atomic E-state index is 0.410. The Kier molecular flexibility index (Phi) is 3.91. The average molecular weight is 378 g/mol. The molecule has 17 heavy (non-hydrogen) atoms. The summed E-state index contributed by atoms with van der Waals surface area (Å²) in [7, 11) is 0. The summed E-state index contributed by atoms with van der Waals surface area (Å²) in [6.45, 7) is 0. The molecule has 1 heterocycles. The third-order valence-corrected chi connectivity index (χ3v) is 3.37. The molecule has 2 rings (SSSR count). The van der Waals surface area contributed by atoms with Crippen LogP contribution >= 0.6 is 43.5 Å². The van der Waals surface area contributed by atoms with E-state index in [2.05, 4.69) is 36.8 Å². The lowest BCUT2D eigenvalue weighted by Gasteiger charge is -2.10. The van der Waals surface area contributed by atoms with E-state index < -0.39 is 0 Å². The highest BCUT2D eigenvalue weighted by Crippen LogP contribution is 2.37. The molecule has 0 saturated heterocycles. The fraction of sp³-hybridized carbons (Fsp3) is 0. The maximum Gasteiger partial charge on any atom is 0.233 e. The van der Waals surface area contributed by atoms with Crippen LogP contribution in [0, 0.1) is 0 Å². The predicted octanol–water partition coefficient (Wildman–Crippen LogP) is 4.63. The molecule has 2 aromatic rings. The number of hydrogen-bond donors (Lipinski definition) is 1. The summed E-state index contributed by atoms with van der Waals surface area (Å²) in [6.07, 6.45) is 1.51. The number of halogens is 3. The highest BCUT2D eigenvalue weighted by Gasteiger charge is 2.10. The van der Waals surface area contributed by atoms with Crippen LogP contribution in [-0.4, -0.2) is 4.98 Å². The maximum absolute atomic E-state index is 5.83. The Morgan fingerprint density at radius 3 is 2.65 bits per heavy atom. The molecule has 0 aliphatic rings. The number of benzene rings is 1. The Hall–Kier alpha value is -0.780. The van der Waals surface area contributed by atoms with Crippen LogP contribution in [-0.2, 0) is 0 Å². The fourth-order valence-electron chi connectivity index (χ4n) is 1.21. The van der Waals surface area contributed by atoms with Gasteiger partial charge in [-0.1, -0.05) is 17.7 Å². The van der Waals surface area contributed by atoms with E-state index in [1.807, 2.05) is 12.1 Å². The molecule has 1 aromatic carbocycles. The van der Waals surface area contributed by atoms with Crippen LogP contribution in [0.25, 0.3) is 0 Å². The summed E-state index contributed by atoms with van der Waals surface area (Å²) in [6, 6.07) is 7.13. The highest BCUT2D eigenvalue weighted by molar-refractivity contribution is 9.11. The van der Waals surface area contributed by atoms with Crippen LogP contribution in [0.2, 0.25) is 5.02 Å². The number of hydrogen-bond acceptors (Lipinski definition) is 3. The normalized spacial score (nSPS) is 10.3. The molecule has 2 N–H and O–H groups in total. The van der Waals surface area contributed by atoms with Crippen molar-refractivity contribution in [2.75, 3.05) is 5.73 Å². The zero-order chi connectivity index (χ0) is 12.4. The van der Waals surface area contributed by atoms with E-state index in [1.165, 1.54) is 6.20 Å². The van der Waals surface area contributed by atoms with E-state index in [0.717, 1.165) is 4.47 Å². The topological polar surface area (TPSA) is 48.1 Å². The lowest BCUT2D eigenvalue weighted by atomic mass is 10.3. The monoisotopic (exact) mass is 376 g/mol. The van der Waals surface area contributed by atoms with Gasteiger partial charge in [0.05, 0.1) is 19.7 Å². The van der Waals surface area contributed by atoms with Gasteiger partial charge in [-0.05, 0) is 50.1 Å². The Balaban J connectivity index is 2.38. The van der Waals surface area contributed by atoms with Gasteiger partial charge in [-0.2, -0.15) is 0 Å². The molecular weight excluding hydrogens is 371 g/mol. The van der Waals surface area contributed by atoms with Crippen molar-refractivity contribution < 1.29 is 4.74 Å². The van der Waals surface area contributed by atoms with E-state index in [1.54, 1.807) is 12.1 Å². The first-order chi connectivity index (χ1) is 8.08. The number of aromatic nitrogens is 1. The van der Waals surface area contributed by atoms with Crippen LogP contribution < -0.4 is 10.5 Å². The SMILES string of the molecule is Nc1cccc(Br)c1Oc1ncc(Cl)cc1Br. The Morgan fingerprint density at radius 2 is 2.00 bits per heavy atom. The van der Waals surface area contributed by atoms with Crippen molar-refractivity contribution >= 4 is 49.1 Å². The summed E-state index contributed by atoms with van der Waals surface area (Å²) >= 11 is 12.5. The second kappa shape index (κ2) is 5.25. The van der Waals surface area contributed by atoms with Gasteiger partial charge in [0.1, 0.15) is 0 Å². The standard InChI is InChI=1S/C11H7Br2ClN2O/c12-7-2-1-3-9(15)10(7)17-11-8(13)4-6(14)5-16-11/h1-5H,15H2. The molecule has 0 aliphatic heterocycles. The second-order valence-corrected chi connectivity index (χ2v) is 5.35. The molecule has 0 spiro atoms. The van der Waals surface area contributed by atoms with E-state index in [0.29, 0.717) is 26.8 Å². The third-order valence-electron chi connectivity index (χ3n) is 1.97. The van der Waals surface area contributed by atoms with Crippen molar-refractivity contribution in [2.24, 2.45) is 0 Å². The van der Waals surface area contributed by atoms with Crippen LogP contribution in [0.15, 0.2) is 39.4 Å². The molecule has 6 heteroatoms. The smallest absolute Gasteiger partial charge is 0.233 e. The van der Waals surface area contributed by atoms with Crippen molar-refractivity contribution in [1.82, 2.24) is 4.98 Å². The van der Waals surface area contributed by atoms with Crippen molar-refractivity contribution in [3.8, 4) is 11.6 Å². The zero-order valence-electron chi connectivity index (χ0n) is 8.45. The number of ether oxygens (including phenoxy) is 1. The molecule has 0 fully saturated rings. The Bertz CT molecular complexity index is 543. The fourth-order valence-corrected chi connectivity index (χ4v) is 2.39. The van der Waals surface area contributed by atoms with Gasteiger partial charge in [0.2, 0.25) is 5.88 Å². The number of nitrogens with two attached hydrogens (primary N) is 1. The summed E-state index contributed by atoms with van der Waals surface area (Å²) in [5.74, 6) is 0.941. The molecule has 0 saturated carbocycles. The van der Waals surface area contributed by atoms with Crippen molar-refractivity contribution in [2.45, 2.75) is 0 Å². The third kappa shape index (κ3) is 2.91. The van der Waals surface area contributed by atoms with Crippen molar-refractivity contribution in [3.63, 3.8) is 0 Å². The highest BCUT2D eigenvalue weighted by atomic mass is 79.9. The van der Waals surface area contributed by atoms with Gasteiger partial charge in [0.15, 0.2) is 5.75 Å². The predicted molar refractivity (Wildman–Crippen MR) is 75.6 cm³/mol. The first kappa shape index (κ1) is 12.7. The van der Waals surface area contributed by atoms with E-state index in [-0.39, 0.29) is 0 Å². The number of para-hydroxylation sites is 1. The maximum atomic E-state index is 5.83. The van der Waals surface area contributed by atoms with Crippen molar-refractivity contribution in [1.29, 1.82) is 0 Å². The Morgan fingerprint density at radius 1 is 1.24 bits per heavy atom. The lowest BCUT2D eigenvalue weighted by Crippen LogP contribution is -1.95. The number of nitrogen functional groups attached to an aromatic ring is 1. The van der Waals surface area contributed by atoms with Gasteiger partial charge >= 0.3 is 0 Å². The van der Waals surface area contributed by atoms with Crippen molar-refractivity contribution in [3.05, 3.63) is 44.4 Å². The summed E-state index contributed by atoms with van der Waals surface area (Å²) in [5, 5.41) is 0.532. The first-order valence-corrected chi connectivity index (χ1v) is 6.57. The van der Waals surface area contributed by atoms with Crippen LogP contribution in [0.1, 0.15) is 0 Å². The van der Waals surface area contributed by atoms with E-state index in [9.17, 15) is 0 Å². The van der Waals surface area contributed by atoms with Gasteiger partial charge in [-0.15, -0.1) is 0 Å². The van der Waals surface area contributed by atoms with E-state index >= 15 is 0 Å². The van der Waals surface area contributed by atoms with Gasteiger partial charge < -0.3 is 10.5 Å². The lowest BCUT2D eigenvalue weighted by molar-refractivity contribution is 0.459. The second-order valence-electron chi connectivity index (χ2n) is 3.20. The summed E-state index contributed by atoms with van der Waals surface area (Å²) in [4.78, 5) is 4.08. The largest absolute Gasteiger partial charge is 0.435 e. The van der Waals surface area contributed by atoms with E-state index in [4.69, 9.17) is 22.1 Å². The number of pyridine rings is 1. The Labute approximate surface area is 120 Å². The van der Waals surface area contributed by atoms with Gasteiger partial charge in [-0.3, -0.25) is 0 Å². The van der Waals surface area contributed by atoms with Crippen LogP contribution in [0.4, 0.5) is 5.69 Å². The van der Waals surface area contributed by atoms with Crippen LogP contribution in [0.5, 0.6) is 11.6 Å². The van der Waals surface area contributed by atoms with Crippen LogP contribution in [0.3, 0.4) is 0 Å². The molecule has 0 aliphatic carbocycles. The quantitative estimate of drug-likeness (QED) is 0.775. The molecule has 0 bridgehead atoms. The number of nitrogens with zero attached hydrogens (tertiary/aromatic N) is 1. The summed E-state index contributed by atoms with van der Waals surface area (Å²) < 4.78 is 7.07. The molecule has 88 valence electrons. The number of rotatable bonds is 2. The molecule has 3 nitrogen and oxygen atoms in total. The molecule has 0 amide bonds. The molecule has 1 aromatic heterocycles. The van der Waals surface area contributed by atoms with Gasteiger partial charge in [-0.25, -0.2) is 4.98 Å². The molecule has 0 atom stereocenters. The first-order valence-electron chi connectivity index (χ1n) is 4.61. The molecular formula is C11H7Br2ClN2O. The van der Waals surface area contributed by atoms with Gasteiger partial charge in [0.25, 0.3) is 0 Å². The molecule has 0 unspecified atom stereocenters. The summed E-state index contributed by atoms with van der Waals surface area (Å²) in [5.41, 5.74) is 6.36. The zero-order valence-corrected chi connectivity index (χ0v) is 12.4. The molecule has 0 radical (unpaired) electrons. The minimum absolute atomic E-state index is 0.410. The number of anilines is 1.